The van der Waals surface area contributed by atoms with Crippen LogP contribution in [0.5, 0.6) is 5.75 Å². The molecule has 0 bridgehead atoms. The molecule has 0 spiro atoms. The van der Waals surface area contributed by atoms with Crippen LogP contribution in [0.25, 0.3) is 0 Å². The Morgan fingerprint density at radius 2 is 1.93 bits per heavy atom. The molecule has 0 radical (unpaired) electrons. The van der Waals surface area contributed by atoms with E-state index >= 15 is 0 Å². The van der Waals surface area contributed by atoms with E-state index in [4.69, 9.17) is 4.74 Å². The molecular weight excluding hydrogens is 388 g/mol. The van der Waals surface area contributed by atoms with Gasteiger partial charge in [-0.1, -0.05) is 31.2 Å². The Balaban J connectivity index is 1.43. The second kappa shape index (κ2) is 10.3. The predicted molar refractivity (Wildman–Crippen MR) is 116 cm³/mol. The van der Waals surface area contributed by atoms with Crippen LogP contribution in [0.2, 0.25) is 0 Å². The van der Waals surface area contributed by atoms with Gasteiger partial charge >= 0.3 is 0 Å². The molecule has 0 saturated carbocycles. The number of ether oxygens (including phenoxy) is 1. The van der Waals surface area contributed by atoms with Crippen molar-refractivity contribution in [2.45, 2.75) is 31.3 Å². The monoisotopic (exact) mass is 414 g/mol. The summed E-state index contributed by atoms with van der Waals surface area (Å²) >= 11 is 1.32. The van der Waals surface area contributed by atoms with Gasteiger partial charge in [0.25, 0.3) is 0 Å². The number of carbonyl (C=O) groups is 2. The van der Waals surface area contributed by atoms with Crippen molar-refractivity contribution in [3.63, 3.8) is 0 Å². The van der Waals surface area contributed by atoms with Crippen molar-refractivity contribution < 1.29 is 14.3 Å². The molecule has 1 heterocycles. The third-order valence-electron chi connectivity index (χ3n) is 4.58. The normalized spacial score (nSPS) is 18.8. The summed E-state index contributed by atoms with van der Waals surface area (Å²) in [4.78, 5) is 24.6. The van der Waals surface area contributed by atoms with Crippen LogP contribution < -0.4 is 26.2 Å². The van der Waals surface area contributed by atoms with E-state index in [1.807, 2.05) is 48.5 Å². The first-order valence-corrected chi connectivity index (χ1v) is 10.6. The zero-order chi connectivity index (χ0) is 20.6. The molecule has 0 aromatic heterocycles. The van der Waals surface area contributed by atoms with Crippen LogP contribution in [0, 0.1) is 0 Å². The van der Waals surface area contributed by atoms with Crippen molar-refractivity contribution in [3.8, 4) is 5.75 Å². The van der Waals surface area contributed by atoms with Crippen LogP contribution in [0.3, 0.4) is 0 Å². The minimum atomic E-state index is -0.383. The Morgan fingerprint density at radius 3 is 2.62 bits per heavy atom. The molecule has 2 unspecified atom stereocenters. The third-order valence-corrected chi connectivity index (χ3v) is 5.58. The van der Waals surface area contributed by atoms with Gasteiger partial charge in [0.15, 0.2) is 0 Å². The fourth-order valence-corrected chi connectivity index (χ4v) is 3.70. The smallest absolute Gasteiger partial charge is 0.240 e. The zero-order valence-corrected chi connectivity index (χ0v) is 17.3. The number of hydrogen-bond donors (Lipinski definition) is 4. The summed E-state index contributed by atoms with van der Waals surface area (Å²) in [5.41, 5.74) is 8.71. The molecule has 2 aromatic rings. The number of carbonyl (C=O) groups excluding carboxylic acids is 2. The molecule has 0 aliphatic carbocycles. The molecule has 7 nitrogen and oxygen atoms in total. The maximum atomic E-state index is 12.4. The minimum absolute atomic E-state index is 0.104. The Morgan fingerprint density at radius 1 is 1.14 bits per heavy atom. The molecule has 8 heteroatoms. The number of rotatable bonds is 8. The number of hydrazine groups is 1. The summed E-state index contributed by atoms with van der Waals surface area (Å²) in [6, 6.07) is 15.0. The van der Waals surface area contributed by atoms with Crippen LogP contribution in [-0.2, 0) is 22.4 Å². The third kappa shape index (κ3) is 6.22. The SMILES string of the molecule is CCc1cccc(NC(=O)CSC2NNC(Cc3ccc(OC)cc3)C(=O)N2)c1. The van der Waals surface area contributed by atoms with Crippen LogP contribution in [0.4, 0.5) is 5.69 Å². The summed E-state index contributed by atoms with van der Waals surface area (Å²) in [7, 11) is 1.62. The van der Waals surface area contributed by atoms with Gasteiger partial charge in [-0.05, 0) is 48.2 Å². The topological polar surface area (TPSA) is 91.5 Å². The highest BCUT2D eigenvalue weighted by Gasteiger charge is 2.27. The van der Waals surface area contributed by atoms with E-state index in [0.29, 0.717) is 6.42 Å². The Hall–Kier alpha value is -2.55. The second-order valence-corrected chi connectivity index (χ2v) is 7.79. The van der Waals surface area contributed by atoms with Crippen molar-refractivity contribution in [2.24, 2.45) is 0 Å². The van der Waals surface area contributed by atoms with Gasteiger partial charge < -0.3 is 15.4 Å². The fraction of sp³-hybridized carbons (Fsp3) is 0.333. The molecule has 1 aliphatic rings. The highest BCUT2D eigenvalue weighted by atomic mass is 32.2. The molecule has 29 heavy (non-hydrogen) atoms. The highest BCUT2D eigenvalue weighted by Crippen LogP contribution is 2.15. The van der Waals surface area contributed by atoms with Gasteiger partial charge in [0.1, 0.15) is 17.3 Å². The lowest BCUT2D eigenvalue weighted by Gasteiger charge is -2.31. The first-order valence-electron chi connectivity index (χ1n) is 9.52. The van der Waals surface area contributed by atoms with Crippen molar-refractivity contribution >= 4 is 29.3 Å². The molecule has 154 valence electrons. The van der Waals surface area contributed by atoms with E-state index in [1.165, 1.54) is 17.3 Å². The first-order chi connectivity index (χ1) is 14.1. The van der Waals surface area contributed by atoms with Crippen molar-refractivity contribution in [2.75, 3.05) is 18.2 Å². The first kappa shape index (κ1) is 21.2. The number of aryl methyl sites for hydroxylation is 1. The van der Waals surface area contributed by atoms with Crippen molar-refractivity contribution in [1.29, 1.82) is 0 Å². The average molecular weight is 415 g/mol. The van der Waals surface area contributed by atoms with Crippen molar-refractivity contribution in [1.82, 2.24) is 16.2 Å². The molecule has 1 saturated heterocycles. The van der Waals surface area contributed by atoms with E-state index in [-0.39, 0.29) is 29.1 Å². The number of hydrogen-bond acceptors (Lipinski definition) is 6. The lowest BCUT2D eigenvalue weighted by molar-refractivity contribution is -0.125. The summed E-state index contributed by atoms with van der Waals surface area (Å²) in [5, 5.41) is 5.78. The fourth-order valence-electron chi connectivity index (χ4n) is 2.96. The Labute approximate surface area is 174 Å². The average Bonchev–Trinajstić information content (AvgIpc) is 2.74. The van der Waals surface area contributed by atoms with Crippen LogP contribution in [0.1, 0.15) is 18.1 Å². The van der Waals surface area contributed by atoms with E-state index in [1.54, 1.807) is 7.11 Å². The highest BCUT2D eigenvalue weighted by molar-refractivity contribution is 8.00. The largest absolute Gasteiger partial charge is 0.497 e. The molecule has 3 rings (SSSR count). The van der Waals surface area contributed by atoms with Crippen LogP contribution >= 0.6 is 11.8 Å². The zero-order valence-electron chi connectivity index (χ0n) is 16.5. The van der Waals surface area contributed by atoms with Gasteiger partial charge in [-0.25, -0.2) is 10.9 Å². The summed E-state index contributed by atoms with van der Waals surface area (Å²) in [6.07, 6.45) is 1.47. The van der Waals surface area contributed by atoms with E-state index in [9.17, 15) is 9.59 Å². The van der Waals surface area contributed by atoms with Crippen LogP contribution in [-0.4, -0.2) is 36.2 Å². The van der Waals surface area contributed by atoms with E-state index < -0.39 is 0 Å². The molecule has 4 N–H and O–H groups in total. The van der Waals surface area contributed by atoms with Gasteiger partial charge in [0, 0.05) is 5.69 Å². The van der Waals surface area contributed by atoms with Crippen LogP contribution in [0.15, 0.2) is 48.5 Å². The number of methoxy groups -OCH3 is 1. The van der Waals surface area contributed by atoms with E-state index in [0.717, 1.165) is 23.4 Å². The summed E-state index contributed by atoms with van der Waals surface area (Å²) < 4.78 is 5.15. The van der Waals surface area contributed by atoms with Gasteiger partial charge in [-0.3, -0.25) is 9.59 Å². The second-order valence-electron chi connectivity index (χ2n) is 6.70. The summed E-state index contributed by atoms with van der Waals surface area (Å²) in [5.74, 6) is 0.788. The van der Waals surface area contributed by atoms with Gasteiger partial charge in [0.2, 0.25) is 11.8 Å². The standard InChI is InChI=1S/C21H26N4O3S/c1-3-14-5-4-6-16(11-14)22-19(26)13-29-21-23-20(27)18(24-25-21)12-15-7-9-17(28-2)10-8-15/h4-11,18,21,24-25H,3,12-13H2,1-2H3,(H,22,26)(H,23,27). The number of nitrogens with one attached hydrogen (secondary N) is 4. The quantitative estimate of drug-likeness (QED) is 0.529. The maximum absolute atomic E-state index is 12.4. The molecule has 2 aromatic carbocycles. The molecular formula is C21H26N4O3S. The summed E-state index contributed by atoms with van der Waals surface area (Å²) in [6.45, 7) is 2.07. The van der Waals surface area contributed by atoms with Gasteiger partial charge in [-0.15, -0.1) is 11.8 Å². The maximum Gasteiger partial charge on any atom is 0.240 e. The van der Waals surface area contributed by atoms with E-state index in [2.05, 4.69) is 28.4 Å². The Bertz CT molecular complexity index is 844. The van der Waals surface area contributed by atoms with Gasteiger partial charge in [0.05, 0.1) is 12.9 Å². The number of amides is 2. The van der Waals surface area contributed by atoms with Crippen molar-refractivity contribution in [3.05, 3.63) is 59.7 Å². The molecule has 2 atom stereocenters. The number of anilines is 1. The molecule has 1 aliphatic heterocycles. The molecule has 2 amide bonds. The number of benzene rings is 2. The lowest BCUT2D eigenvalue weighted by atomic mass is 10.1. The predicted octanol–water partition coefficient (Wildman–Crippen LogP) is 2.05. The Kier molecular flexibility index (Phi) is 7.51. The minimum Gasteiger partial charge on any atom is -0.497 e. The molecule has 1 fully saturated rings. The number of thioether (sulfide) groups is 1. The van der Waals surface area contributed by atoms with Gasteiger partial charge in [-0.2, -0.15) is 0 Å². The lowest BCUT2D eigenvalue weighted by Crippen LogP contribution is -2.64.